The van der Waals surface area contributed by atoms with Gasteiger partial charge in [-0.1, -0.05) is 18.2 Å². The maximum atomic E-state index is 11.0. The first-order valence-corrected chi connectivity index (χ1v) is 8.55. The van der Waals surface area contributed by atoms with Crippen LogP contribution in [0.15, 0.2) is 72.8 Å². The normalized spacial score (nSPS) is 15.6. The van der Waals surface area contributed by atoms with E-state index in [4.69, 9.17) is 9.47 Å². The van der Waals surface area contributed by atoms with Crippen molar-refractivity contribution < 1.29 is 14.4 Å². The Labute approximate surface area is 156 Å². The van der Waals surface area contributed by atoms with Gasteiger partial charge in [0.05, 0.1) is 18.6 Å². The van der Waals surface area contributed by atoms with Crippen molar-refractivity contribution in [3.63, 3.8) is 0 Å². The average Bonchev–Trinajstić information content (AvgIpc) is 2.73. The summed E-state index contributed by atoms with van der Waals surface area (Å²) in [6.45, 7) is 0.671. The number of methoxy groups -OCH3 is 1. The number of para-hydroxylation sites is 1. The van der Waals surface area contributed by atoms with E-state index < -0.39 is 4.92 Å². The molecule has 1 atom stereocenters. The molecule has 3 aromatic carbocycles. The van der Waals surface area contributed by atoms with Gasteiger partial charge in [0.2, 0.25) is 0 Å². The van der Waals surface area contributed by atoms with Gasteiger partial charge in [0.25, 0.3) is 5.69 Å². The molecule has 136 valence electrons. The highest BCUT2D eigenvalue weighted by molar-refractivity contribution is 5.54. The van der Waals surface area contributed by atoms with Crippen LogP contribution in [0.4, 0.5) is 11.4 Å². The first-order valence-electron chi connectivity index (χ1n) is 8.55. The van der Waals surface area contributed by atoms with Gasteiger partial charge in [-0.3, -0.25) is 10.1 Å². The number of fused-ring (bicyclic) bond motifs is 1. The van der Waals surface area contributed by atoms with Gasteiger partial charge in [-0.2, -0.15) is 0 Å². The molecule has 0 fully saturated rings. The zero-order valence-electron chi connectivity index (χ0n) is 14.7. The van der Waals surface area contributed by atoms with Gasteiger partial charge in [-0.15, -0.1) is 0 Å². The fraction of sp³-hybridized carbons (Fsp3) is 0.143. The number of ether oxygens (including phenoxy) is 2. The fourth-order valence-electron chi connectivity index (χ4n) is 3.21. The molecule has 0 amide bonds. The molecule has 27 heavy (non-hydrogen) atoms. The van der Waals surface area contributed by atoms with Crippen LogP contribution in [0.5, 0.6) is 11.5 Å². The number of hydrogen-bond acceptors (Lipinski definition) is 5. The lowest BCUT2D eigenvalue weighted by molar-refractivity contribution is -0.384. The lowest BCUT2D eigenvalue weighted by Gasteiger charge is -2.38. The van der Waals surface area contributed by atoms with Gasteiger partial charge in [0.1, 0.15) is 11.5 Å². The molecule has 0 aromatic heterocycles. The molecule has 1 aliphatic heterocycles. The van der Waals surface area contributed by atoms with Crippen molar-refractivity contribution in [1.29, 1.82) is 0 Å². The van der Waals surface area contributed by atoms with Crippen LogP contribution in [0.2, 0.25) is 0 Å². The highest BCUT2D eigenvalue weighted by Crippen LogP contribution is 2.38. The summed E-state index contributed by atoms with van der Waals surface area (Å²) in [6, 6.07) is 22.2. The summed E-state index contributed by atoms with van der Waals surface area (Å²) in [5.74, 6) is 1.61. The van der Waals surface area contributed by atoms with Crippen molar-refractivity contribution in [3.05, 3.63) is 94.0 Å². The number of nitro benzene ring substituents is 1. The van der Waals surface area contributed by atoms with Gasteiger partial charge in [0, 0.05) is 28.9 Å². The summed E-state index contributed by atoms with van der Waals surface area (Å²) in [5, 5.41) is 11.0. The van der Waals surface area contributed by atoms with Crippen molar-refractivity contribution >= 4 is 11.4 Å². The zero-order valence-corrected chi connectivity index (χ0v) is 14.7. The quantitative estimate of drug-likeness (QED) is 0.497. The predicted octanol–water partition coefficient (Wildman–Crippen LogP) is 4.70. The van der Waals surface area contributed by atoms with Crippen LogP contribution in [-0.4, -0.2) is 12.0 Å². The SMILES string of the molecule is COc1ccc(N2Cc3ccccc3OC2c2ccc([N+](=O)[O-])cc2)cc1. The summed E-state index contributed by atoms with van der Waals surface area (Å²) in [5.41, 5.74) is 2.98. The van der Waals surface area contributed by atoms with E-state index in [1.165, 1.54) is 12.1 Å². The second-order valence-corrected chi connectivity index (χ2v) is 6.25. The molecule has 3 aromatic rings. The number of benzene rings is 3. The molecule has 0 saturated heterocycles. The highest BCUT2D eigenvalue weighted by atomic mass is 16.6. The van der Waals surface area contributed by atoms with Crippen LogP contribution in [0, 0.1) is 10.1 Å². The highest BCUT2D eigenvalue weighted by Gasteiger charge is 2.29. The van der Waals surface area contributed by atoms with Gasteiger partial charge in [0.15, 0.2) is 6.23 Å². The molecule has 0 spiro atoms. The number of non-ortho nitro benzene ring substituents is 1. The first kappa shape index (κ1) is 16.9. The molecule has 0 bridgehead atoms. The number of rotatable bonds is 4. The second-order valence-electron chi connectivity index (χ2n) is 6.25. The van der Waals surface area contributed by atoms with Crippen molar-refractivity contribution in [1.82, 2.24) is 0 Å². The van der Waals surface area contributed by atoms with Crippen molar-refractivity contribution in [3.8, 4) is 11.5 Å². The molecule has 6 nitrogen and oxygen atoms in total. The molecule has 4 rings (SSSR count). The first-order chi connectivity index (χ1) is 13.2. The third-order valence-corrected chi connectivity index (χ3v) is 4.63. The lowest BCUT2D eigenvalue weighted by Crippen LogP contribution is -2.35. The third-order valence-electron chi connectivity index (χ3n) is 4.63. The van der Waals surface area contributed by atoms with Crippen molar-refractivity contribution in [2.75, 3.05) is 12.0 Å². The molecule has 0 N–H and O–H groups in total. The van der Waals surface area contributed by atoms with E-state index in [1.54, 1.807) is 19.2 Å². The van der Waals surface area contributed by atoms with Gasteiger partial charge in [-0.05, 0) is 42.5 Å². The monoisotopic (exact) mass is 362 g/mol. The van der Waals surface area contributed by atoms with Gasteiger partial charge < -0.3 is 14.4 Å². The third kappa shape index (κ3) is 3.29. The Hall–Kier alpha value is -3.54. The molecular formula is C21H18N2O4. The largest absolute Gasteiger partial charge is 0.497 e. The molecule has 6 heteroatoms. The van der Waals surface area contributed by atoms with E-state index in [-0.39, 0.29) is 11.9 Å². The Morgan fingerprint density at radius 1 is 1.04 bits per heavy atom. The van der Waals surface area contributed by atoms with Crippen molar-refractivity contribution in [2.24, 2.45) is 0 Å². The molecular weight excluding hydrogens is 344 g/mol. The maximum absolute atomic E-state index is 11.0. The van der Waals surface area contributed by atoms with E-state index in [2.05, 4.69) is 4.90 Å². The van der Waals surface area contributed by atoms with E-state index in [0.717, 1.165) is 28.3 Å². The van der Waals surface area contributed by atoms with E-state index in [9.17, 15) is 10.1 Å². The number of anilines is 1. The summed E-state index contributed by atoms with van der Waals surface area (Å²) in [4.78, 5) is 12.7. The summed E-state index contributed by atoms with van der Waals surface area (Å²) in [7, 11) is 1.63. The molecule has 1 heterocycles. The Kier molecular flexibility index (Phi) is 4.38. The minimum Gasteiger partial charge on any atom is -0.497 e. The molecule has 1 unspecified atom stereocenters. The number of nitro groups is 1. The Morgan fingerprint density at radius 2 is 1.74 bits per heavy atom. The fourth-order valence-corrected chi connectivity index (χ4v) is 3.21. The molecule has 0 aliphatic carbocycles. The van der Waals surface area contributed by atoms with Gasteiger partial charge >= 0.3 is 0 Å². The Morgan fingerprint density at radius 3 is 2.41 bits per heavy atom. The summed E-state index contributed by atoms with van der Waals surface area (Å²) < 4.78 is 11.5. The smallest absolute Gasteiger partial charge is 0.269 e. The Bertz CT molecular complexity index is 955. The number of nitrogens with zero attached hydrogens (tertiary/aromatic N) is 2. The van der Waals surface area contributed by atoms with Crippen LogP contribution >= 0.6 is 0 Å². The molecule has 1 aliphatic rings. The van der Waals surface area contributed by atoms with Gasteiger partial charge in [-0.25, -0.2) is 0 Å². The van der Waals surface area contributed by atoms with Crippen LogP contribution in [0.1, 0.15) is 17.4 Å². The molecule has 0 saturated carbocycles. The minimum atomic E-state index is -0.401. The number of hydrogen-bond donors (Lipinski definition) is 0. The van der Waals surface area contributed by atoms with Crippen LogP contribution < -0.4 is 14.4 Å². The maximum Gasteiger partial charge on any atom is 0.269 e. The van der Waals surface area contributed by atoms with E-state index in [0.29, 0.717) is 6.54 Å². The zero-order chi connectivity index (χ0) is 18.8. The van der Waals surface area contributed by atoms with Crippen molar-refractivity contribution in [2.45, 2.75) is 12.8 Å². The van der Waals surface area contributed by atoms with Crippen LogP contribution in [-0.2, 0) is 6.54 Å². The van der Waals surface area contributed by atoms with E-state index in [1.807, 2.05) is 48.5 Å². The van der Waals surface area contributed by atoms with E-state index >= 15 is 0 Å². The van der Waals surface area contributed by atoms with Crippen LogP contribution in [0.3, 0.4) is 0 Å². The standard InChI is InChI=1S/C21H18N2O4/c1-26-19-12-10-17(11-13-19)22-14-16-4-2-3-5-20(16)27-21(22)15-6-8-18(9-7-15)23(24)25/h2-13,21H,14H2,1H3. The second kappa shape index (κ2) is 6.99. The summed E-state index contributed by atoms with van der Waals surface area (Å²) >= 11 is 0. The topological polar surface area (TPSA) is 64.8 Å². The Balaban J connectivity index is 1.73. The molecule has 0 radical (unpaired) electrons. The predicted molar refractivity (Wildman–Crippen MR) is 102 cm³/mol. The average molecular weight is 362 g/mol. The summed E-state index contributed by atoms with van der Waals surface area (Å²) in [6.07, 6.45) is -0.380. The van der Waals surface area contributed by atoms with Crippen LogP contribution in [0.25, 0.3) is 0 Å². The lowest BCUT2D eigenvalue weighted by atomic mass is 10.1. The minimum absolute atomic E-state index is 0.0611.